The average molecular weight is 452 g/mol. The van der Waals surface area contributed by atoms with Crippen molar-refractivity contribution in [2.24, 2.45) is 0 Å². The Morgan fingerprint density at radius 1 is 1.14 bits per heavy atom. The molecular weight excluding hydrogens is 438 g/mol. The number of ether oxygens (including phenoxy) is 1. The Labute approximate surface area is 173 Å². The SMILES string of the molecule is COc1cc2c3c(c1)c(=O)c(Cc1cncnc1)cn3-c1cc(Br)ccc1S2. The van der Waals surface area contributed by atoms with Crippen LogP contribution in [0.3, 0.4) is 0 Å². The van der Waals surface area contributed by atoms with E-state index in [9.17, 15) is 4.79 Å². The molecule has 0 spiro atoms. The molecule has 0 radical (unpaired) electrons. The van der Waals surface area contributed by atoms with Gasteiger partial charge in [0, 0.05) is 44.8 Å². The second-order valence-corrected chi connectivity index (χ2v) is 8.51. The molecule has 7 heteroatoms. The van der Waals surface area contributed by atoms with E-state index in [1.54, 1.807) is 31.3 Å². The van der Waals surface area contributed by atoms with E-state index in [1.807, 2.05) is 24.4 Å². The number of methoxy groups -OCH3 is 1. The number of benzene rings is 2. The van der Waals surface area contributed by atoms with Crippen LogP contribution in [0.2, 0.25) is 0 Å². The van der Waals surface area contributed by atoms with Gasteiger partial charge in [0.25, 0.3) is 0 Å². The van der Waals surface area contributed by atoms with Gasteiger partial charge in [-0.2, -0.15) is 0 Å². The van der Waals surface area contributed by atoms with Gasteiger partial charge >= 0.3 is 0 Å². The van der Waals surface area contributed by atoms with Crippen molar-refractivity contribution >= 4 is 38.6 Å². The Morgan fingerprint density at radius 3 is 2.75 bits per heavy atom. The molecule has 0 saturated carbocycles. The molecule has 0 amide bonds. The van der Waals surface area contributed by atoms with Crippen molar-refractivity contribution in [3.05, 3.63) is 81.1 Å². The minimum atomic E-state index is 0.00861. The fourth-order valence-electron chi connectivity index (χ4n) is 3.49. The summed E-state index contributed by atoms with van der Waals surface area (Å²) in [6, 6.07) is 10.00. The van der Waals surface area contributed by atoms with Gasteiger partial charge in [-0.1, -0.05) is 27.7 Å². The van der Waals surface area contributed by atoms with Gasteiger partial charge in [0.15, 0.2) is 5.43 Å². The van der Waals surface area contributed by atoms with Gasteiger partial charge < -0.3 is 9.30 Å². The topological polar surface area (TPSA) is 57.0 Å². The van der Waals surface area contributed by atoms with Crippen LogP contribution in [-0.4, -0.2) is 21.6 Å². The number of pyridine rings is 1. The summed E-state index contributed by atoms with van der Waals surface area (Å²) in [5.41, 5.74) is 3.56. The van der Waals surface area contributed by atoms with Gasteiger partial charge in [-0.25, -0.2) is 9.97 Å². The van der Waals surface area contributed by atoms with Gasteiger partial charge in [-0.15, -0.1) is 0 Å². The lowest BCUT2D eigenvalue weighted by atomic mass is 10.0. The van der Waals surface area contributed by atoms with Gasteiger partial charge in [-0.05, 0) is 35.9 Å². The first-order chi connectivity index (χ1) is 13.6. The predicted octanol–water partition coefficient (Wildman–Crippen LogP) is 4.61. The zero-order valence-electron chi connectivity index (χ0n) is 14.8. The van der Waals surface area contributed by atoms with Crippen LogP contribution in [0.4, 0.5) is 0 Å². The molecule has 3 heterocycles. The first kappa shape index (κ1) is 17.5. The van der Waals surface area contributed by atoms with Crippen molar-refractivity contribution in [3.8, 4) is 11.4 Å². The normalized spacial score (nSPS) is 12.1. The van der Waals surface area contributed by atoms with Crippen molar-refractivity contribution in [3.63, 3.8) is 0 Å². The molecule has 5 nitrogen and oxygen atoms in total. The quantitative estimate of drug-likeness (QED) is 0.400. The molecule has 2 aromatic heterocycles. The highest BCUT2D eigenvalue weighted by Gasteiger charge is 2.22. The lowest BCUT2D eigenvalue weighted by molar-refractivity contribution is 0.414. The Hall–Kier alpha value is -2.64. The fourth-order valence-corrected chi connectivity index (χ4v) is 4.96. The van der Waals surface area contributed by atoms with Crippen LogP contribution in [0, 0.1) is 0 Å². The molecule has 2 aromatic carbocycles. The molecule has 0 N–H and O–H groups in total. The Morgan fingerprint density at radius 2 is 1.96 bits per heavy atom. The minimum absolute atomic E-state index is 0.00861. The first-order valence-corrected chi connectivity index (χ1v) is 10.2. The molecule has 1 aliphatic rings. The standard InChI is InChI=1S/C21H14BrN3O2S/c1-27-15-6-16-20-19(7-15)28-18-3-2-14(22)5-17(18)25(20)10-13(21(16)26)4-12-8-23-11-24-9-12/h2-3,5-11H,4H2,1H3. The first-order valence-electron chi connectivity index (χ1n) is 8.62. The molecule has 5 rings (SSSR count). The van der Waals surface area contributed by atoms with Crippen molar-refractivity contribution in [1.82, 2.24) is 14.5 Å². The Balaban J connectivity index is 1.83. The number of nitrogens with zero attached hydrogens (tertiary/aromatic N) is 3. The Bertz CT molecular complexity index is 1290. The predicted molar refractivity (Wildman–Crippen MR) is 113 cm³/mol. The van der Waals surface area contributed by atoms with E-state index in [0.717, 1.165) is 31.0 Å². The lowest BCUT2D eigenvalue weighted by Crippen LogP contribution is -2.17. The third-order valence-corrected chi connectivity index (χ3v) is 6.34. The van der Waals surface area contributed by atoms with Crippen molar-refractivity contribution in [2.45, 2.75) is 16.2 Å². The number of aromatic nitrogens is 3. The van der Waals surface area contributed by atoms with E-state index in [0.29, 0.717) is 23.1 Å². The van der Waals surface area contributed by atoms with Crippen LogP contribution in [0.25, 0.3) is 16.6 Å². The van der Waals surface area contributed by atoms with E-state index in [1.165, 1.54) is 6.33 Å². The highest BCUT2D eigenvalue weighted by Crippen LogP contribution is 2.44. The zero-order chi connectivity index (χ0) is 19.3. The van der Waals surface area contributed by atoms with Crippen LogP contribution in [0.1, 0.15) is 11.1 Å². The Kier molecular flexibility index (Phi) is 4.21. The molecule has 1 aliphatic heterocycles. The van der Waals surface area contributed by atoms with Crippen LogP contribution >= 0.6 is 27.7 Å². The summed E-state index contributed by atoms with van der Waals surface area (Å²) >= 11 is 5.22. The van der Waals surface area contributed by atoms with Crippen LogP contribution in [0.15, 0.2) is 74.3 Å². The van der Waals surface area contributed by atoms with Crippen molar-refractivity contribution in [2.75, 3.05) is 7.11 Å². The molecular formula is C21H14BrN3O2S. The van der Waals surface area contributed by atoms with Crippen LogP contribution in [0.5, 0.6) is 5.75 Å². The summed E-state index contributed by atoms with van der Waals surface area (Å²) in [6.07, 6.45) is 7.38. The van der Waals surface area contributed by atoms with Gasteiger partial charge in [0.2, 0.25) is 0 Å². The van der Waals surface area contributed by atoms with Crippen molar-refractivity contribution in [1.29, 1.82) is 0 Å². The molecule has 0 aliphatic carbocycles. The summed E-state index contributed by atoms with van der Waals surface area (Å²) in [4.78, 5) is 23.6. The maximum absolute atomic E-state index is 13.3. The van der Waals surface area contributed by atoms with E-state index in [4.69, 9.17) is 4.74 Å². The highest BCUT2D eigenvalue weighted by atomic mass is 79.9. The van der Waals surface area contributed by atoms with E-state index in [-0.39, 0.29) is 5.43 Å². The van der Waals surface area contributed by atoms with E-state index < -0.39 is 0 Å². The molecule has 0 atom stereocenters. The number of hydrogen-bond donors (Lipinski definition) is 0. The smallest absolute Gasteiger partial charge is 0.193 e. The van der Waals surface area contributed by atoms with Gasteiger partial charge in [-0.3, -0.25) is 4.79 Å². The molecule has 0 unspecified atom stereocenters. The number of hydrogen-bond acceptors (Lipinski definition) is 5. The minimum Gasteiger partial charge on any atom is -0.497 e. The summed E-state index contributed by atoms with van der Waals surface area (Å²) in [6.45, 7) is 0. The monoisotopic (exact) mass is 451 g/mol. The fraction of sp³-hybridized carbons (Fsp3) is 0.0952. The number of fused-ring (bicyclic) bond motifs is 2. The van der Waals surface area contributed by atoms with Gasteiger partial charge in [0.1, 0.15) is 12.1 Å². The number of rotatable bonds is 3. The van der Waals surface area contributed by atoms with E-state index >= 15 is 0 Å². The lowest BCUT2D eigenvalue weighted by Gasteiger charge is -2.24. The second kappa shape index (κ2) is 6.76. The maximum Gasteiger partial charge on any atom is 0.193 e. The average Bonchev–Trinajstić information content (AvgIpc) is 2.72. The summed E-state index contributed by atoms with van der Waals surface area (Å²) in [5.74, 6) is 0.680. The largest absolute Gasteiger partial charge is 0.497 e. The summed E-state index contributed by atoms with van der Waals surface area (Å²) in [5, 5.41) is 0.654. The van der Waals surface area contributed by atoms with E-state index in [2.05, 4.69) is 42.6 Å². The molecule has 0 fully saturated rings. The summed E-state index contributed by atoms with van der Waals surface area (Å²) in [7, 11) is 1.62. The second-order valence-electron chi connectivity index (χ2n) is 6.51. The molecule has 138 valence electrons. The third kappa shape index (κ3) is 2.82. The van der Waals surface area contributed by atoms with Gasteiger partial charge in [0.05, 0.1) is 23.7 Å². The molecule has 0 bridgehead atoms. The molecule has 4 aromatic rings. The zero-order valence-corrected chi connectivity index (χ0v) is 17.3. The number of halogens is 1. The van der Waals surface area contributed by atoms with Crippen LogP contribution < -0.4 is 10.2 Å². The summed E-state index contributed by atoms with van der Waals surface area (Å²) < 4.78 is 8.57. The molecule has 0 saturated heterocycles. The maximum atomic E-state index is 13.3. The highest BCUT2D eigenvalue weighted by molar-refractivity contribution is 9.10. The van der Waals surface area contributed by atoms with Crippen molar-refractivity contribution < 1.29 is 4.74 Å². The molecule has 28 heavy (non-hydrogen) atoms. The third-order valence-electron chi connectivity index (χ3n) is 4.76. The van der Waals surface area contributed by atoms with Crippen LogP contribution in [-0.2, 0) is 6.42 Å².